The number of likely N-dealkylation sites (N-methyl/N-ethyl adjacent to an activating group) is 1. The van der Waals surface area contributed by atoms with Crippen molar-refractivity contribution in [2.75, 3.05) is 13.6 Å². The van der Waals surface area contributed by atoms with Crippen LogP contribution >= 0.6 is 11.6 Å². The molecule has 8 heteroatoms. The van der Waals surface area contributed by atoms with Gasteiger partial charge in [-0.05, 0) is 17.7 Å². The number of hydrogen-bond donors (Lipinski definition) is 1. The maximum Gasteiger partial charge on any atom is 0.435 e. The van der Waals surface area contributed by atoms with Crippen LogP contribution in [0.25, 0.3) is 0 Å². The third-order valence-electron chi connectivity index (χ3n) is 0.981. The second-order valence-corrected chi connectivity index (χ2v) is 3.24. The second kappa shape index (κ2) is 5.15. The smallest absolute Gasteiger partial charge is 0.346 e. The Labute approximate surface area is 80.6 Å². The van der Waals surface area contributed by atoms with Crippen molar-refractivity contribution in [1.82, 2.24) is 4.90 Å². The molecular formula is C5H8ClFN2O3S. The molecule has 0 aromatic carbocycles. The van der Waals surface area contributed by atoms with E-state index < -0.39 is 10.5 Å². The molecule has 0 atom stereocenters. The van der Waals surface area contributed by atoms with Crippen LogP contribution in [0.4, 0.5) is 3.89 Å². The molecule has 76 valence electrons. The van der Waals surface area contributed by atoms with Gasteiger partial charge >= 0.3 is 10.5 Å². The van der Waals surface area contributed by atoms with Crippen molar-refractivity contribution in [2.45, 2.75) is 0 Å². The Morgan fingerprint density at radius 3 is 2.46 bits per heavy atom. The molecule has 0 saturated carbocycles. The van der Waals surface area contributed by atoms with Gasteiger partial charge in [-0.2, -0.15) is 8.42 Å². The molecule has 1 rings (SSSR count). The number of amidine groups is 1. The Kier molecular flexibility index (Phi) is 4.89. The molecule has 0 unspecified atom stereocenters. The summed E-state index contributed by atoms with van der Waals surface area (Å²) >= 11 is 5.59. The summed E-state index contributed by atoms with van der Waals surface area (Å²) in [7, 11) is -3.27. The molecule has 0 aromatic heterocycles. The Hall–Kier alpha value is -0.660. The molecule has 0 radical (unpaired) electrons. The van der Waals surface area contributed by atoms with Crippen LogP contribution in [0.5, 0.6) is 0 Å². The van der Waals surface area contributed by atoms with Gasteiger partial charge in [0.2, 0.25) is 0 Å². The fourth-order valence-electron chi connectivity index (χ4n) is 0.493. The van der Waals surface area contributed by atoms with E-state index in [9.17, 15) is 3.89 Å². The van der Waals surface area contributed by atoms with Crippen molar-refractivity contribution in [3.05, 3.63) is 12.3 Å². The van der Waals surface area contributed by atoms with E-state index >= 15 is 0 Å². The van der Waals surface area contributed by atoms with Crippen LogP contribution < -0.4 is 0 Å². The Morgan fingerprint density at radius 1 is 1.77 bits per heavy atom. The maximum atomic E-state index is 10.2. The lowest BCUT2D eigenvalue weighted by Crippen LogP contribution is -2.23. The summed E-state index contributed by atoms with van der Waals surface area (Å²) < 4.78 is 34.1. The number of aliphatic imine (C=N–C) groups is 1. The normalized spacial score (nSPS) is 16.0. The lowest BCUT2D eigenvalue weighted by Gasteiger charge is -2.15. The van der Waals surface area contributed by atoms with Crippen LogP contribution in [0.15, 0.2) is 17.3 Å². The molecule has 0 amide bonds. The first kappa shape index (κ1) is 12.3. The number of halogens is 2. The summed E-state index contributed by atoms with van der Waals surface area (Å²) in [6, 6.07) is 0. The number of nitrogens with zero attached hydrogens (tertiary/aromatic N) is 2. The molecule has 1 N–H and O–H groups in total. The van der Waals surface area contributed by atoms with Gasteiger partial charge in [-0.25, -0.2) is 4.99 Å². The van der Waals surface area contributed by atoms with Crippen LogP contribution in [-0.2, 0) is 10.5 Å². The fraction of sp³-hybridized carbons (Fsp3) is 0.400. The highest BCUT2D eigenvalue weighted by molar-refractivity contribution is 7.80. The predicted octanol–water partition coefficient (Wildman–Crippen LogP) is 0.799. The first-order valence-electron chi connectivity index (χ1n) is 3.07. The van der Waals surface area contributed by atoms with E-state index in [-0.39, 0.29) is 0 Å². The third-order valence-corrected chi connectivity index (χ3v) is 1.37. The molecule has 0 fully saturated rings. The Balaban J connectivity index is 0.000000252. The van der Waals surface area contributed by atoms with Gasteiger partial charge in [-0.3, -0.25) is 4.55 Å². The fourth-order valence-corrected chi connectivity index (χ4v) is 0.619. The molecule has 0 spiro atoms. The van der Waals surface area contributed by atoms with Crippen molar-refractivity contribution in [3.8, 4) is 0 Å². The Morgan fingerprint density at radius 2 is 2.23 bits per heavy atom. The highest BCUT2D eigenvalue weighted by Gasteiger charge is 2.01. The standard InChI is InChI=1S/C5H7ClN2.FHO3S/c1-8-4-2-3-7-5(8)6;1-5(2,3)4/h2-3H,4H2,1H3;(H,2,3,4). The number of hydrogen-bond acceptors (Lipinski definition) is 4. The van der Waals surface area contributed by atoms with E-state index in [1.807, 2.05) is 18.0 Å². The molecule has 5 nitrogen and oxygen atoms in total. The van der Waals surface area contributed by atoms with Crippen molar-refractivity contribution < 1.29 is 16.9 Å². The van der Waals surface area contributed by atoms with E-state index in [1.54, 1.807) is 6.20 Å². The van der Waals surface area contributed by atoms with Gasteiger partial charge in [-0.1, -0.05) is 3.89 Å². The van der Waals surface area contributed by atoms with Gasteiger partial charge in [0.15, 0.2) is 5.29 Å². The number of rotatable bonds is 0. The summed E-state index contributed by atoms with van der Waals surface area (Å²) in [5, 5.41) is 0.563. The zero-order valence-electron chi connectivity index (χ0n) is 6.68. The van der Waals surface area contributed by atoms with Crippen molar-refractivity contribution in [3.63, 3.8) is 0 Å². The van der Waals surface area contributed by atoms with E-state index in [4.69, 9.17) is 24.6 Å². The minimum atomic E-state index is -5.17. The van der Waals surface area contributed by atoms with Crippen molar-refractivity contribution in [2.24, 2.45) is 4.99 Å². The van der Waals surface area contributed by atoms with Crippen LogP contribution in [0.3, 0.4) is 0 Å². The quantitative estimate of drug-likeness (QED) is 0.380. The summed E-state index contributed by atoms with van der Waals surface area (Å²) in [4.78, 5) is 5.70. The van der Waals surface area contributed by atoms with E-state index in [0.29, 0.717) is 5.29 Å². The monoisotopic (exact) mass is 230 g/mol. The third kappa shape index (κ3) is 9.25. The molecular weight excluding hydrogens is 223 g/mol. The highest BCUT2D eigenvalue weighted by Crippen LogP contribution is 1.99. The molecule has 0 aliphatic carbocycles. The molecule has 13 heavy (non-hydrogen) atoms. The minimum absolute atomic E-state index is 0.563. The van der Waals surface area contributed by atoms with Crippen LogP contribution in [0, 0.1) is 0 Å². The molecule has 1 aliphatic rings. The van der Waals surface area contributed by atoms with E-state index in [1.165, 1.54) is 0 Å². The summed E-state index contributed by atoms with van der Waals surface area (Å²) in [5.74, 6) is 0. The van der Waals surface area contributed by atoms with Crippen molar-refractivity contribution in [1.29, 1.82) is 0 Å². The lowest BCUT2D eigenvalue weighted by molar-refractivity contribution is 0.435. The van der Waals surface area contributed by atoms with Crippen LogP contribution in [0.2, 0.25) is 0 Å². The predicted molar refractivity (Wildman–Crippen MR) is 47.7 cm³/mol. The van der Waals surface area contributed by atoms with Gasteiger partial charge in [0.05, 0.1) is 0 Å². The first-order chi connectivity index (χ1) is 5.80. The largest absolute Gasteiger partial charge is 0.435 e. The maximum absolute atomic E-state index is 10.2. The second-order valence-electron chi connectivity index (χ2n) is 2.08. The van der Waals surface area contributed by atoms with Crippen LogP contribution in [0.1, 0.15) is 0 Å². The molecule has 1 heterocycles. The molecule has 0 saturated heterocycles. The topological polar surface area (TPSA) is 70.0 Å². The lowest BCUT2D eigenvalue weighted by atomic mass is 10.5. The first-order valence-corrected chi connectivity index (χ1v) is 4.79. The zero-order chi connectivity index (χ0) is 10.5. The minimum Gasteiger partial charge on any atom is -0.346 e. The molecule has 0 bridgehead atoms. The average Bonchev–Trinajstić information content (AvgIpc) is 1.92. The highest BCUT2D eigenvalue weighted by atomic mass is 35.5. The summed E-state index contributed by atoms with van der Waals surface area (Å²) in [5.41, 5.74) is 0. The molecule has 1 aliphatic heterocycles. The van der Waals surface area contributed by atoms with Gasteiger partial charge in [0.1, 0.15) is 0 Å². The van der Waals surface area contributed by atoms with Gasteiger partial charge in [0, 0.05) is 19.8 Å². The average molecular weight is 231 g/mol. The van der Waals surface area contributed by atoms with Crippen molar-refractivity contribution >= 4 is 27.4 Å². The SMILES string of the molecule is CN1CC=CN=C1Cl.O=S(=O)(O)F. The summed E-state index contributed by atoms with van der Waals surface area (Å²) in [6.07, 6.45) is 3.66. The van der Waals surface area contributed by atoms with Gasteiger partial charge in [-0.15, -0.1) is 0 Å². The van der Waals surface area contributed by atoms with Gasteiger partial charge < -0.3 is 4.90 Å². The van der Waals surface area contributed by atoms with Gasteiger partial charge in [0.25, 0.3) is 0 Å². The summed E-state index contributed by atoms with van der Waals surface area (Å²) in [6.45, 7) is 0.863. The van der Waals surface area contributed by atoms with E-state index in [2.05, 4.69) is 4.99 Å². The molecule has 0 aromatic rings. The van der Waals surface area contributed by atoms with Crippen LogP contribution in [-0.4, -0.2) is 36.8 Å². The van der Waals surface area contributed by atoms with E-state index in [0.717, 1.165) is 6.54 Å². The zero-order valence-corrected chi connectivity index (χ0v) is 8.26. The Bertz CT molecular complexity index is 306.